The maximum absolute atomic E-state index is 12.3. The molecule has 1 aromatic carbocycles. The summed E-state index contributed by atoms with van der Waals surface area (Å²) in [6.45, 7) is 0.979. The molecule has 0 bridgehead atoms. The summed E-state index contributed by atoms with van der Waals surface area (Å²) in [5, 5.41) is 5.92. The van der Waals surface area contributed by atoms with Crippen LogP contribution in [-0.4, -0.2) is 11.8 Å². The fourth-order valence-electron chi connectivity index (χ4n) is 3.28. The van der Waals surface area contributed by atoms with Crippen LogP contribution in [0.15, 0.2) is 53.1 Å². The van der Waals surface area contributed by atoms with Crippen LogP contribution in [0.4, 0.5) is 0 Å². The predicted octanol–water partition coefficient (Wildman–Crippen LogP) is 3.02. The number of carbonyl (C=O) groups is 2. The third-order valence-corrected chi connectivity index (χ3v) is 4.80. The van der Waals surface area contributed by atoms with E-state index in [-0.39, 0.29) is 23.7 Å². The van der Waals surface area contributed by atoms with Gasteiger partial charge in [-0.3, -0.25) is 9.59 Å². The molecule has 0 aliphatic heterocycles. The largest absolute Gasteiger partial charge is 0.467 e. The van der Waals surface area contributed by atoms with E-state index in [2.05, 4.69) is 10.6 Å². The first-order chi connectivity index (χ1) is 12.2. The molecule has 132 valence electrons. The van der Waals surface area contributed by atoms with Gasteiger partial charge in [0.2, 0.25) is 11.8 Å². The Morgan fingerprint density at radius 3 is 2.00 bits per heavy atom. The zero-order valence-corrected chi connectivity index (χ0v) is 14.2. The highest BCUT2D eigenvalue weighted by Crippen LogP contribution is 2.29. The maximum Gasteiger partial charge on any atom is 0.223 e. The lowest BCUT2D eigenvalue weighted by molar-refractivity contribution is -0.130. The highest BCUT2D eigenvalue weighted by Gasteiger charge is 2.29. The molecule has 2 N–H and O–H groups in total. The minimum absolute atomic E-state index is 0.00636. The first-order valence-corrected chi connectivity index (χ1v) is 8.84. The number of hydrogen-bond donors (Lipinski definition) is 2. The summed E-state index contributed by atoms with van der Waals surface area (Å²) >= 11 is 0. The fourth-order valence-corrected chi connectivity index (χ4v) is 3.28. The van der Waals surface area contributed by atoms with Gasteiger partial charge in [-0.1, -0.05) is 30.3 Å². The van der Waals surface area contributed by atoms with Gasteiger partial charge >= 0.3 is 0 Å². The standard InChI is InChI=1S/C20H24N2O3/c23-19(21-13-15-5-2-1-3-6-15)16-8-10-17(11-9-16)20(24)22-14-18-7-4-12-25-18/h1-7,12,16-17H,8-11,13-14H2,(H,21,23)(H,22,24). The third kappa shape index (κ3) is 4.95. The molecule has 0 saturated heterocycles. The quantitative estimate of drug-likeness (QED) is 0.849. The third-order valence-electron chi connectivity index (χ3n) is 4.80. The van der Waals surface area contributed by atoms with Crippen molar-refractivity contribution in [2.75, 3.05) is 0 Å². The molecule has 1 saturated carbocycles. The van der Waals surface area contributed by atoms with Crippen LogP contribution in [0.2, 0.25) is 0 Å². The summed E-state index contributed by atoms with van der Waals surface area (Å²) in [4.78, 5) is 24.5. The van der Waals surface area contributed by atoms with Crippen LogP contribution in [0.3, 0.4) is 0 Å². The van der Waals surface area contributed by atoms with Crippen LogP contribution >= 0.6 is 0 Å². The second-order valence-corrected chi connectivity index (χ2v) is 6.55. The fraction of sp³-hybridized carbons (Fsp3) is 0.400. The number of amides is 2. The van der Waals surface area contributed by atoms with Crippen molar-refractivity contribution in [3.8, 4) is 0 Å². The Hall–Kier alpha value is -2.56. The van der Waals surface area contributed by atoms with Crippen LogP contribution in [-0.2, 0) is 22.7 Å². The Balaban J connectivity index is 1.38. The molecule has 5 nitrogen and oxygen atoms in total. The van der Waals surface area contributed by atoms with E-state index in [1.54, 1.807) is 12.3 Å². The van der Waals surface area contributed by atoms with Gasteiger partial charge in [-0.15, -0.1) is 0 Å². The Morgan fingerprint density at radius 1 is 0.840 bits per heavy atom. The normalized spacial score (nSPS) is 20.0. The van der Waals surface area contributed by atoms with Gasteiger partial charge in [0, 0.05) is 18.4 Å². The van der Waals surface area contributed by atoms with Crippen LogP contribution < -0.4 is 10.6 Å². The molecule has 3 rings (SSSR count). The van der Waals surface area contributed by atoms with Crippen molar-refractivity contribution >= 4 is 11.8 Å². The lowest BCUT2D eigenvalue weighted by Gasteiger charge is -2.27. The molecular formula is C20H24N2O3. The molecular weight excluding hydrogens is 316 g/mol. The van der Waals surface area contributed by atoms with Crippen molar-refractivity contribution in [1.82, 2.24) is 10.6 Å². The Morgan fingerprint density at radius 2 is 1.44 bits per heavy atom. The highest BCUT2D eigenvalue weighted by molar-refractivity contribution is 5.81. The number of carbonyl (C=O) groups excluding carboxylic acids is 2. The monoisotopic (exact) mass is 340 g/mol. The molecule has 0 unspecified atom stereocenters. The topological polar surface area (TPSA) is 71.3 Å². The van der Waals surface area contributed by atoms with E-state index in [0.717, 1.165) is 37.0 Å². The number of benzene rings is 1. The van der Waals surface area contributed by atoms with Crippen molar-refractivity contribution in [2.45, 2.75) is 38.8 Å². The van der Waals surface area contributed by atoms with Crippen LogP contribution in [0.1, 0.15) is 37.0 Å². The molecule has 1 aliphatic rings. The van der Waals surface area contributed by atoms with Gasteiger partial charge in [0.1, 0.15) is 5.76 Å². The molecule has 25 heavy (non-hydrogen) atoms. The zero-order chi connectivity index (χ0) is 17.5. The minimum Gasteiger partial charge on any atom is -0.467 e. The summed E-state index contributed by atoms with van der Waals surface area (Å²) < 4.78 is 5.22. The number of nitrogens with one attached hydrogen (secondary N) is 2. The second-order valence-electron chi connectivity index (χ2n) is 6.55. The Labute approximate surface area is 147 Å². The highest BCUT2D eigenvalue weighted by atomic mass is 16.3. The van der Waals surface area contributed by atoms with Crippen molar-refractivity contribution < 1.29 is 14.0 Å². The lowest BCUT2D eigenvalue weighted by Crippen LogP contribution is -2.37. The van der Waals surface area contributed by atoms with Crippen LogP contribution in [0.25, 0.3) is 0 Å². The summed E-state index contributed by atoms with van der Waals surface area (Å²) in [6.07, 6.45) is 4.64. The number of furan rings is 1. The average Bonchev–Trinajstić information content (AvgIpc) is 3.19. The van der Waals surface area contributed by atoms with E-state index < -0.39 is 0 Å². The molecule has 1 heterocycles. The Kier molecular flexibility index (Phi) is 5.88. The Bertz CT molecular complexity index is 674. The van der Waals surface area contributed by atoms with Crippen molar-refractivity contribution in [2.24, 2.45) is 11.8 Å². The molecule has 2 aromatic rings. The van der Waals surface area contributed by atoms with Crippen molar-refractivity contribution in [1.29, 1.82) is 0 Å². The zero-order valence-electron chi connectivity index (χ0n) is 14.2. The van der Waals surface area contributed by atoms with Gasteiger partial charge in [0.15, 0.2) is 0 Å². The lowest BCUT2D eigenvalue weighted by atomic mass is 9.81. The predicted molar refractivity (Wildman–Crippen MR) is 94.3 cm³/mol. The van der Waals surface area contributed by atoms with E-state index >= 15 is 0 Å². The summed E-state index contributed by atoms with van der Waals surface area (Å²) in [7, 11) is 0. The van der Waals surface area contributed by atoms with E-state index in [1.807, 2.05) is 36.4 Å². The molecule has 1 fully saturated rings. The van der Waals surface area contributed by atoms with Crippen molar-refractivity contribution in [3.05, 3.63) is 60.1 Å². The molecule has 0 atom stereocenters. The van der Waals surface area contributed by atoms with Gasteiger partial charge < -0.3 is 15.1 Å². The van der Waals surface area contributed by atoms with E-state index in [1.165, 1.54) is 0 Å². The molecule has 1 aromatic heterocycles. The summed E-state index contributed by atoms with van der Waals surface area (Å²) in [6, 6.07) is 13.5. The first-order valence-electron chi connectivity index (χ1n) is 8.84. The van der Waals surface area contributed by atoms with Gasteiger partial charge in [-0.2, -0.15) is 0 Å². The molecule has 5 heteroatoms. The smallest absolute Gasteiger partial charge is 0.223 e. The van der Waals surface area contributed by atoms with Gasteiger partial charge in [0.25, 0.3) is 0 Å². The maximum atomic E-state index is 12.3. The van der Waals surface area contributed by atoms with E-state index in [0.29, 0.717) is 13.1 Å². The minimum atomic E-state index is -0.00636. The van der Waals surface area contributed by atoms with Gasteiger partial charge in [-0.25, -0.2) is 0 Å². The van der Waals surface area contributed by atoms with Crippen LogP contribution in [0, 0.1) is 11.8 Å². The van der Waals surface area contributed by atoms with Crippen molar-refractivity contribution in [3.63, 3.8) is 0 Å². The van der Waals surface area contributed by atoms with E-state index in [9.17, 15) is 9.59 Å². The first kappa shape index (κ1) is 17.3. The van der Waals surface area contributed by atoms with Gasteiger partial charge in [-0.05, 0) is 43.4 Å². The number of hydrogen-bond acceptors (Lipinski definition) is 3. The van der Waals surface area contributed by atoms with E-state index in [4.69, 9.17) is 4.42 Å². The summed E-state index contributed by atoms with van der Waals surface area (Å²) in [5.41, 5.74) is 1.10. The SMILES string of the molecule is O=C(NCc1ccccc1)C1CCC(C(=O)NCc2ccco2)CC1. The van der Waals surface area contributed by atoms with Crippen LogP contribution in [0.5, 0.6) is 0 Å². The van der Waals surface area contributed by atoms with Gasteiger partial charge in [0.05, 0.1) is 12.8 Å². The molecule has 1 aliphatic carbocycles. The average molecular weight is 340 g/mol. The molecule has 0 spiro atoms. The second kappa shape index (κ2) is 8.51. The molecule has 2 amide bonds. The number of rotatable bonds is 6. The summed E-state index contributed by atoms with van der Waals surface area (Å²) in [5.74, 6) is 0.908. The molecule has 0 radical (unpaired) electrons.